The summed E-state index contributed by atoms with van der Waals surface area (Å²) in [5, 5.41) is 8.50. The fraction of sp³-hybridized carbons (Fsp3) is 0.100. The lowest BCUT2D eigenvalue weighted by Gasteiger charge is -2.19. The maximum Gasteiger partial charge on any atom is 0.266 e. The van der Waals surface area contributed by atoms with Crippen LogP contribution in [-0.2, 0) is 9.09 Å². The van der Waals surface area contributed by atoms with Gasteiger partial charge >= 0.3 is 0 Å². The second-order valence-corrected chi connectivity index (χ2v) is 9.13. The molecule has 0 bridgehead atoms. The molecule has 0 radical (unpaired) electrons. The third-order valence-electron chi connectivity index (χ3n) is 4.40. The molecule has 1 atom stereocenters. The molecule has 6 nitrogen and oxygen atoms in total. The number of nitrogens with one attached hydrogen (secondary N) is 1. The number of halogens is 2. The number of amides is 1. The zero-order valence-corrected chi connectivity index (χ0v) is 17.1. The number of nitriles is 1. The number of H-pyrrole nitrogens is 1. The van der Waals surface area contributed by atoms with Gasteiger partial charge in [-0.05, 0) is 48.4 Å². The summed E-state index contributed by atoms with van der Waals surface area (Å²) < 4.78 is 34.4. The van der Waals surface area contributed by atoms with Crippen molar-refractivity contribution in [2.45, 2.75) is 6.92 Å². The van der Waals surface area contributed by atoms with Crippen LogP contribution >= 0.6 is 19.0 Å². The van der Waals surface area contributed by atoms with Crippen molar-refractivity contribution in [2.24, 2.45) is 5.73 Å². The summed E-state index contributed by atoms with van der Waals surface area (Å²) in [6.07, 6.45) is 2.81. The SMILES string of the molecule is CO[P@](=O)(c1cc(C)cc(/C=C/C#N)c1)c1c(C(N)=O)[nH]c2ccc(Cl)c(F)c12. The molecule has 0 saturated carbocycles. The van der Waals surface area contributed by atoms with E-state index in [1.807, 2.05) is 6.07 Å². The van der Waals surface area contributed by atoms with Crippen LogP contribution in [0.25, 0.3) is 17.0 Å². The maximum absolute atomic E-state index is 14.9. The first-order valence-electron chi connectivity index (χ1n) is 8.37. The van der Waals surface area contributed by atoms with Gasteiger partial charge < -0.3 is 15.2 Å². The van der Waals surface area contributed by atoms with Gasteiger partial charge in [0.05, 0.1) is 21.8 Å². The molecule has 3 rings (SSSR count). The van der Waals surface area contributed by atoms with Crippen molar-refractivity contribution in [3.8, 4) is 6.07 Å². The highest BCUT2D eigenvalue weighted by molar-refractivity contribution is 7.75. The van der Waals surface area contributed by atoms with Crippen LogP contribution in [0, 0.1) is 24.1 Å². The van der Waals surface area contributed by atoms with Crippen LogP contribution < -0.4 is 16.3 Å². The lowest BCUT2D eigenvalue weighted by Crippen LogP contribution is -2.26. The normalized spacial score (nSPS) is 13.5. The van der Waals surface area contributed by atoms with Crippen molar-refractivity contribution in [1.82, 2.24) is 4.98 Å². The van der Waals surface area contributed by atoms with E-state index < -0.39 is 19.1 Å². The van der Waals surface area contributed by atoms with Crippen molar-refractivity contribution in [3.05, 3.63) is 64.1 Å². The van der Waals surface area contributed by atoms with E-state index >= 15 is 0 Å². The quantitative estimate of drug-likeness (QED) is 0.473. The van der Waals surface area contributed by atoms with Crippen LogP contribution in [-0.4, -0.2) is 18.0 Å². The average molecular weight is 432 g/mol. The number of fused-ring (bicyclic) bond motifs is 1. The number of allylic oxidation sites excluding steroid dienone is 1. The van der Waals surface area contributed by atoms with Gasteiger partial charge in [-0.1, -0.05) is 17.7 Å². The van der Waals surface area contributed by atoms with Crippen molar-refractivity contribution in [1.29, 1.82) is 5.26 Å². The molecule has 0 aliphatic carbocycles. The molecule has 0 aliphatic rings. The Morgan fingerprint density at radius 1 is 1.38 bits per heavy atom. The average Bonchev–Trinajstić information content (AvgIpc) is 3.09. The predicted molar refractivity (Wildman–Crippen MR) is 111 cm³/mol. The molecule has 0 saturated heterocycles. The molecule has 3 N–H and O–H groups in total. The second-order valence-electron chi connectivity index (χ2n) is 6.30. The predicted octanol–water partition coefficient (Wildman–Crippen LogP) is 3.78. The molecular weight excluding hydrogens is 416 g/mol. The number of aromatic nitrogens is 1. The number of carbonyl (C=O) groups excluding carboxylic acids is 1. The molecule has 2 aromatic carbocycles. The van der Waals surface area contributed by atoms with Gasteiger partial charge in [0.15, 0.2) is 5.82 Å². The van der Waals surface area contributed by atoms with Gasteiger partial charge in [0.1, 0.15) is 5.69 Å². The van der Waals surface area contributed by atoms with Gasteiger partial charge in [0.2, 0.25) is 0 Å². The Bertz CT molecular complexity index is 1260. The molecular formula is C20H16ClFN3O3P. The number of benzene rings is 2. The third-order valence-corrected chi connectivity index (χ3v) is 7.18. The smallest absolute Gasteiger partial charge is 0.266 e. The number of nitrogens with zero attached hydrogens (tertiary/aromatic N) is 1. The Hall–Kier alpha value is -2.91. The third kappa shape index (κ3) is 3.58. The number of aromatic amines is 1. The summed E-state index contributed by atoms with van der Waals surface area (Å²) in [5.41, 5.74) is 6.79. The van der Waals surface area contributed by atoms with Gasteiger partial charge in [0, 0.05) is 24.0 Å². The zero-order valence-electron chi connectivity index (χ0n) is 15.5. The fourth-order valence-electron chi connectivity index (χ4n) is 3.20. The minimum absolute atomic E-state index is 0.118. The van der Waals surface area contributed by atoms with E-state index in [0.29, 0.717) is 5.56 Å². The number of hydrogen-bond donors (Lipinski definition) is 2. The number of rotatable bonds is 5. The number of nitrogens with two attached hydrogens (primary N) is 1. The van der Waals surface area contributed by atoms with Crippen LogP contribution in [0.5, 0.6) is 0 Å². The number of hydrogen-bond acceptors (Lipinski definition) is 4. The molecule has 3 aromatic rings. The number of primary amides is 1. The fourth-order valence-corrected chi connectivity index (χ4v) is 5.67. The summed E-state index contributed by atoms with van der Waals surface area (Å²) in [7, 11) is -2.77. The highest BCUT2D eigenvalue weighted by Gasteiger charge is 2.37. The monoisotopic (exact) mass is 431 g/mol. The molecule has 0 spiro atoms. The minimum Gasteiger partial charge on any atom is -0.364 e. The lowest BCUT2D eigenvalue weighted by atomic mass is 10.1. The van der Waals surface area contributed by atoms with Gasteiger partial charge in [0.25, 0.3) is 13.3 Å². The van der Waals surface area contributed by atoms with E-state index in [4.69, 9.17) is 27.1 Å². The number of aryl methyl sites for hydroxylation is 1. The van der Waals surface area contributed by atoms with E-state index in [1.54, 1.807) is 25.1 Å². The first-order chi connectivity index (χ1) is 13.7. The molecule has 29 heavy (non-hydrogen) atoms. The summed E-state index contributed by atoms with van der Waals surface area (Å²) in [4.78, 5) is 14.8. The molecule has 0 fully saturated rings. The van der Waals surface area contributed by atoms with E-state index in [9.17, 15) is 13.8 Å². The van der Waals surface area contributed by atoms with Gasteiger partial charge in [-0.3, -0.25) is 9.36 Å². The standard InChI is InChI=1S/C20H16ClFN3O3P/c1-11-8-12(4-3-7-23)10-13(9-11)29(27,28-2)19-16-15(25-18(19)20(24)26)6-5-14(21)17(16)22/h3-6,8-10,25H,1-2H3,(H2,24,26)/b4-3+/t29-/m1/s1. The topological polar surface area (TPSA) is 109 Å². The van der Waals surface area contributed by atoms with E-state index in [-0.39, 0.29) is 32.2 Å². The Kier molecular flexibility index (Phi) is 5.63. The molecule has 0 unspecified atom stereocenters. The molecule has 0 aliphatic heterocycles. The minimum atomic E-state index is -3.97. The summed E-state index contributed by atoms with van der Waals surface area (Å²) in [6.45, 7) is 1.77. The Morgan fingerprint density at radius 3 is 2.72 bits per heavy atom. The van der Waals surface area contributed by atoms with Crippen molar-refractivity contribution >= 4 is 52.5 Å². The van der Waals surface area contributed by atoms with Crippen molar-refractivity contribution in [3.63, 3.8) is 0 Å². The molecule has 1 heterocycles. The van der Waals surface area contributed by atoms with Gasteiger partial charge in [-0.2, -0.15) is 5.26 Å². The second kappa shape index (κ2) is 7.84. The molecule has 9 heteroatoms. The van der Waals surface area contributed by atoms with Crippen molar-refractivity contribution < 1.29 is 18.3 Å². The molecule has 1 aromatic heterocycles. The van der Waals surface area contributed by atoms with Crippen LogP contribution in [0.2, 0.25) is 5.02 Å². The lowest BCUT2D eigenvalue weighted by molar-refractivity contribution is 0.0997. The maximum atomic E-state index is 14.9. The molecule has 148 valence electrons. The van der Waals surface area contributed by atoms with Gasteiger partial charge in [-0.15, -0.1) is 0 Å². The van der Waals surface area contributed by atoms with E-state index in [1.165, 1.54) is 31.4 Å². The number of carbonyl (C=O) groups is 1. The Labute approximate surface area is 171 Å². The van der Waals surface area contributed by atoms with Crippen LogP contribution in [0.4, 0.5) is 4.39 Å². The summed E-state index contributed by atoms with van der Waals surface area (Å²) in [6, 6.07) is 9.61. The largest absolute Gasteiger partial charge is 0.364 e. The van der Waals surface area contributed by atoms with Crippen LogP contribution in [0.3, 0.4) is 0 Å². The van der Waals surface area contributed by atoms with Crippen LogP contribution in [0.15, 0.2) is 36.4 Å². The highest BCUT2D eigenvalue weighted by atomic mass is 35.5. The van der Waals surface area contributed by atoms with E-state index in [2.05, 4.69) is 4.98 Å². The zero-order chi connectivity index (χ0) is 21.3. The van der Waals surface area contributed by atoms with E-state index in [0.717, 1.165) is 5.56 Å². The Morgan fingerprint density at radius 2 is 2.10 bits per heavy atom. The Balaban J connectivity index is 2.42. The highest BCUT2D eigenvalue weighted by Crippen LogP contribution is 2.48. The first-order valence-corrected chi connectivity index (χ1v) is 10.4. The first kappa shape index (κ1) is 20.8. The summed E-state index contributed by atoms with van der Waals surface area (Å²) >= 11 is 5.92. The van der Waals surface area contributed by atoms with Crippen molar-refractivity contribution in [2.75, 3.05) is 7.11 Å². The summed E-state index contributed by atoms with van der Waals surface area (Å²) in [5.74, 6) is -1.75. The molecule has 1 amide bonds. The van der Waals surface area contributed by atoms with Gasteiger partial charge in [-0.25, -0.2) is 4.39 Å². The van der Waals surface area contributed by atoms with Crippen LogP contribution in [0.1, 0.15) is 21.6 Å².